The predicted octanol–water partition coefficient (Wildman–Crippen LogP) is -0.361. The Kier molecular flexibility index (Phi) is 42.4. The Morgan fingerprint density at radius 1 is 1.20 bits per heavy atom. The van der Waals surface area contributed by atoms with Crippen LogP contribution in [0.25, 0.3) is 0 Å². The van der Waals surface area contributed by atoms with Crippen molar-refractivity contribution in [2.24, 2.45) is 0 Å². The van der Waals surface area contributed by atoms with Crippen molar-refractivity contribution >= 4 is 0 Å². The van der Waals surface area contributed by atoms with E-state index in [1.807, 2.05) is 0 Å². The summed E-state index contributed by atoms with van der Waals surface area (Å²) in [5.74, 6) is 0. The van der Waals surface area contributed by atoms with Gasteiger partial charge in [0.05, 0.1) is 0 Å². The summed E-state index contributed by atoms with van der Waals surface area (Å²) >= 11 is -1.69. The van der Waals surface area contributed by atoms with Crippen LogP contribution in [0, 0.1) is 0 Å². The van der Waals surface area contributed by atoms with Crippen LogP contribution in [0.3, 0.4) is 0 Å². The zero-order valence-corrected chi connectivity index (χ0v) is 6.74. The normalized spacial score (nSPS) is 2.80. The molecule has 0 aliphatic carbocycles. The Hall–Kier alpha value is 0.608. The van der Waals surface area contributed by atoms with Crippen molar-refractivity contribution in [3.63, 3.8) is 0 Å². The van der Waals surface area contributed by atoms with Crippen LogP contribution in [-0.4, -0.2) is 0 Å². The van der Waals surface area contributed by atoms with Crippen LogP contribution in [0.5, 0.6) is 0 Å². The molecule has 0 amide bonds. The second-order valence-electron chi connectivity index (χ2n) is 0.0745. The molecule has 0 aliphatic heterocycles. The summed E-state index contributed by atoms with van der Waals surface area (Å²) in [5.41, 5.74) is 0. The fraction of sp³-hybridized carbons (Fsp3) is 0. The molecule has 0 rings (SSSR count). The van der Waals surface area contributed by atoms with Gasteiger partial charge in [0.2, 0.25) is 0 Å². The summed E-state index contributed by atoms with van der Waals surface area (Å²) in [4.78, 5) is 0. The van der Waals surface area contributed by atoms with Crippen molar-refractivity contribution in [2.75, 3.05) is 0 Å². The summed E-state index contributed by atoms with van der Waals surface area (Å²) in [5, 5.41) is 0. The quantitative estimate of drug-likeness (QED) is 0.459. The molecule has 0 aromatic heterocycles. The molecule has 0 fully saturated rings. The number of hydrogen-bond acceptors (Lipinski definition) is 3. The second-order valence-corrected chi connectivity index (χ2v) is 0.307. The summed E-state index contributed by atoms with van der Waals surface area (Å²) in [6.45, 7) is 0. The Morgan fingerprint density at radius 2 is 1.20 bits per heavy atom. The van der Waals surface area contributed by atoms with E-state index in [0.717, 1.165) is 0 Å². The van der Waals surface area contributed by atoms with E-state index >= 15 is 0 Å². The predicted molar refractivity (Wildman–Crippen MR) is 2.06 cm³/mol. The van der Waals surface area contributed by atoms with Gasteiger partial charge in [-0.2, -0.15) is 0 Å². The fourth-order valence-corrected chi connectivity index (χ4v) is 0. The van der Waals surface area contributed by atoms with Gasteiger partial charge >= 0.3 is 45.4 Å². The summed E-state index contributed by atoms with van der Waals surface area (Å²) < 4.78 is 25.3. The molecule has 0 aliphatic rings. The van der Waals surface area contributed by atoms with E-state index in [4.69, 9.17) is 10.9 Å². The van der Waals surface area contributed by atoms with Crippen LogP contribution in [0.2, 0.25) is 0 Å². The zero-order valence-electron chi connectivity index (χ0n) is 2.38. The van der Waals surface area contributed by atoms with Crippen molar-refractivity contribution < 1.29 is 45.4 Å². The first kappa shape index (κ1) is 9.15. The van der Waals surface area contributed by atoms with Gasteiger partial charge in [0, 0.05) is 0 Å². The van der Waals surface area contributed by atoms with Gasteiger partial charge in [-0.05, 0) is 0 Å². The fourth-order valence-electron chi connectivity index (χ4n) is 0. The summed E-state index contributed by atoms with van der Waals surface area (Å²) in [6.07, 6.45) is 0. The Labute approximate surface area is 45.6 Å². The topological polar surface area (TPSA) is 51.2 Å². The van der Waals surface area contributed by atoms with E-state index in [9.17, 15) is 0 Å². The van der Waals surface area contributed by atoms with Crippen LogP contribution in [0.15, 0.2) is 0 Å². The van der Waals surface area contributed by atoms with E-state index in [1.165, 1.54) is 0 Å². The molecule has 0 saturated carbocycles. The van der Waals surface area contributed by atoms with E-state index < -0.39 is 16.2 Å². The third-order valence-electron chi connectivity index (χ3n) is 0. The summed E-state index contributed by atoms with van der Waals surface area (Å²) in [6, 6.07) is 0. The first-order valence-electron chi connectivity index (χ1n) is 0.654. The molecule has 0 bridgehead atoms. The average Bonchev–Trinajstić information content (AvgIpc) is 1.46. The molecule has 5 heteroatoms. The van der Waals surface area contributed by atoms with Crippen LogP contribution in [-0.2, 0) is 45.4 Å². The first-order chi connectivity index (χ1) is 2.41. The van der Waals surface area contributed by atoms with E-state index in [1.54, 1.807) is 0 Å². The summed E-state index contributed by atoms with van der Waals surface area (Å²) in [7, 11) is 0. The number of rotatable bonds is 0. The van der Waals surface area contributed by atoms with E-state index in [0.29, 0.717) is 0 Å². The SMILES string of the molecule is [O]=[V]=[O].[O]=[Zn]. The molecule has 5 heavy (non-hydrogen) atoms. The van der Waals surface area contributed by atoms with E-state index in [2.05, 4.69) is 0 Å². The molecule has 25 valence electrons. The third kappa shape index (κ3) is 84.8. The third-order valence-corrected chi connectivity index (χ3v) is 0. The molecular formula is O3VZn. The molecule has 0 unspecified atom stereocenters. The molecule has 0 N–H and O–H groups in total. The van der Waals surface area contributed by atoms with Gasteiger partial charge in [-0.15, -0.1) is 0 Å². The minimum atomic E-state index is -1.81. The average molecular weight is 164 g/mol. The Balaban J connectivity index is 0. The molecular weight excluding hydrogens is 164 g/mol. The van der Waals surface area contributed by atoms with Crippen molar-refractivity contribution in [1.29, 1.82) is 0 Å². The molecule has 0 atom stereocenters. The molecule has 0 heterocycles. The Morgan fingerprint density at radius 3 is 1.20 bits per heavy atom. The van der Waals surface area contributed by atoms with Gasteiger partial charge in [0.1, 0.15) is 0 Å². The van der Waals surface area contributed by atoms with Gasteiger partial charge in [0.25, 0.3) is 0 Å². The molecule has 3 nitrogen and oxygen atoms in total. The molecule has 0 aromatic carbocycles. The molecule has 0 radical (unpaired) electrons. The monoisotopic (exact) mass is 163 g/mol. The van der Waals surface area contributed by atoms with Crippen molar-refractivity contribution in [3.8, 4) is 0 Å². The van der Waals surface area contributed by atoms with Gasteiger partial charge < -0.3 is 0 Å². The maximum atomic E-state index is 8.47. The maximum absolute atomic E-state index is 8.47. The van der Waals surface area contributed by atoms with Crippen molar-refractivity contribution in [3.05, 3.63) is 0 Å². The number of hydrogen-bond donors (Lipinski definition) is 0. The van der Waals surface area contributed by atoms with Crippen LogP contribution >= 0.6 is 0 Å². The van der Waals surface area contributed by atoms with Gasteiger partial charge in [-0.3, -0.25) is 0 Å². The molecule has 0 aromatic rings. The van der Waals surface area contributed by atoms with E-state index in [-0.39, 0.29) is 18.3 Å². The van der Waals surface area contributed by atoms with Crippen LogP contribution in [0.1, 0.15) is 0 Å². The second kappa shape index (κ2) is 23.2. The van der Waals surface area contributed by atoms with Crippen LogP contribution in [0.4, 0.5) is 0 Å². The van der Waals surface area contributed by atoms with Crippen LogP contribution < -0.4 is 0 Å². The van der Waals surface area contributed by atoms with Gasteiger partial charge in [0.15, 0.2) is 0 Å². The molecule has 0 spiro atoms. The standard InChI is InChI=1S/3O.V.Zn. The van der Waals surface area contributed by atoms with Gasteiger partial charge in [-0.25, -0.2) is 0 Å². The molecule has 0 saturated heterocycles. The first-order valence-corrected chi connectivity index (χ1v) is 3.01. The van der Waals surface area contributed by atoms with Crippen molar-refractivity contribution in [1.82, 2.24) is 0 Å². The Bertz CT molecular complexity index is 36.2. The van der Waals surface area contributed by atoms with Gasteiger partial charge in [-0.1, -0.05) is 0 Å². The minimum absolute atomic E-state index is 0.125. The van der Waals surface area contributed by atoms with Crippen molar-refractivity contribution in [2.45, 2.75) is 0 Å². The zero-order chi connectivity index (χ0) is 4.71.